The van der Waals surface area contributed by atoms with Crippen LogP contribution in [0.1, 0.15) is 31.7 Å². The molecular formula is C18H24F2N2O. The number of hydrogen-bond donors (Lipinski definition) is 0. The van der Waals surface area contributed by atoms with Crippen LogP contribution in [0.15, 0.2) is 18.2 Å². The first-order valence-corrected chi connectivity index (χ1v) is 8.45. The first-order chi connectivity index (χ1) is 11.0. The second-order valence-corrected chi connectivity index (χ2v) is 6.84. The molecule has 2 fully saturated rings. The minimum absolute atomic E-state index is 0.165. The third kappa shape index (κ3) is 3.71. The van der Waals surface area contributed by atoms with Gasteiger partial charge in [-0.05, 0) is 43.7 Å². The van der Waals surface area contributed by atoms with Gasteiger partial charge in [0, 0.05) is 38.7 Å². The van der Waals surface area contributed by atoms with Crippen LogP contribution in [0.3, 0.4) is 0 Å². The summed E-state index contributed by atoms with van der Waals surface area (Å²) in [4.78, 5) is 15.5. The Morgan fingerprint density at radius 2 is 1.83 bits per heavy atom. The lowest BCUT2D eigenvalue weighted by Gasteiger charge is -2.34. The molecular weight excluding hydrogens is 298 g/mol. The van der Waals surface area contributed by atoms with E-state index in [9.17, 15) is 13.6 Å². The number of amides is 1. The van der Waals surface area contributed by atoms with Crippen molar-refractivity contribution in [3.05, 3.63) is 35.4 Å². The van der Waals surface area contributed by atoms with Crippen LogP contribution in [-0.2, 0) is 11.3 Å². The molecule has 1 atom stereocenters. The average molecular weight is 322 g/mol. The Morgan fingerprint density at radius 3 is 2.52 bits per heavy atom. The molecule has 0 aromatic heterocycles. The van der Waals surface area contributed by atoms with Gasteiger partial charge >= 0.3 is 0 Å². The Bertz CT molecular complexity index is 570. The van der Waals surface area contributed by atoms with Gasteiger partial charge in [-0.2, -0.15) is 0 Å². The van der Waals surface area contributed by atoms with Gasteiger partial charge in [0.15, 0.2) is 11.6 Å². The largest absolute Gasteiger partial charge is 0.343 e. The van der Waals surface area contributed by atoms with Crippen molar-refractivity contribution in [3.63, 3.8) is 0 Å². The van der Waals surface area contributed by atoms with Crippen LogP contribution in [0.5, 0.6) is 0 Å². The van der Waals surface area contributed by atoms with Crippen molar-refractivity contribution in [2.45, 2.75) is 32.7 Å². The standard InChI is InChI=1S/C18H24F2N2O/c1-13(23)22-9-6-14(7-10-22)15-5-8-21(11-15)12-16-3-2-4-17(19)18(16)20/h2-4,14-15H,5-12H2,1H3. The maximum Gasteiger partial charge on any atom is 0.219 e. The van der Waals surface area contributed by atoms with E-state index in [0.29, 0.717) is 23.9 Å². The fourth-order valence-electron chi connectivity index (χ4n) is 3.99. The summed E-state index contributed by atoms with van der Waals surface area (Å²) in [6, 6.07) is 4.39. The van der Waals surface area contributed by atoms with E-state index < -0.39 is 11.6 Å². The molecule has 0 aliphatic carbocycles. The molecule has 23 heavy (non-hydrogen) atoms. The van der Waals surface area contributed by atoms with Crippen LogP contribution in [0.2, 0.25) is 0 Å². The van der Waals surface area contributed by atoms with E-state index in [-0.39, 0.29) is 5.91 Å². The quantitative estimate of drug-likeness (QED) is 0.854. The highest BCUT2D eigenvalue weighted by Gasteiger charge is 2.32. The molecule has 2 aliphatic rings. The predicted octanol–water partition coefficient (Wildman–Crippen LogP) is 3.05. The molecule has 3 nitrogen and oxygen atoms in total. The van der Waals surface area contributed by atoms with E-state index >= 15 is 0 Å². The summed E-state index contributed by atoms with van der Waals surface area (Å²) in [7, 11) is 0. The molecule has 0 radical (unpaired) electrons. The number of nitrogens with zero attached hydrogens (tertiary/aromatic N) is 2. The van der Waals surface area contributed by atoms with E-state index in [4.69, 9.17) is 0 Å². The van der Waals surface area contributed by atoms with E-state index in [1.165, 1.54) is 0 Å². The summed E-state index contributed by atoms with van der Waals surface area (Å²) >= 11 is 0. The van der Waals surface area contributed by atoms with Gasteiger partial charge in [0.2, 0.25) is 5.91 Å². The molecule has 1 amide bonds. The number of benzene rings is 1. The summed E-state index contributed by atoms with van der Waals surface area (Å²) < 4.78 is 27.1. The smallest absolute Gasteiger partial charge is 0.219 e. The number of hydrogen-bond acceptors (Lipinski definition) is 2. The Morgan fingerprint density at radius 1 is 1.13 bits per heavy atom. The van der Waals surface area contributed by atoms with E-state index in [0.717, 1.165) is 51.5 Å². The number of likely N-dealkylation sites (tertiary alicyclic amines) is 2. The lowest BCUT2D eigenvalue weighted by Crippen LogP contribution is -2.39. The van der Waals surface area contributed by atoms with Crippen molar-refractivity contribution >= 4 is 5.91 Å². The number of piperidine rings is 1. The lowest BCUT2D eigenvalue weighted by atomic mass is 9.84. The Balaban J connectivity index is 1.53. The van der Waals surface area contributed by atoms with Crippen molar-refractivity contribution < 1.29 is 13.6 Å². The molecule has 126 valence electrons. The molecule has 0 bridgehead atoms. The maximum atomic E-state index is 13.8. The minimum atomic E-state index is -0.769. The van der Waals surface area contributed by atoms with Crippen LogP contribution in [-0.4, -0.2) is 41.9 Å². The van der Waals surface area contributed by atoms with Gasteiger partial charge < -0.3 is 4.90 Å². The fourth-order valence-corrected chi connectivity index (χ4v) is 3.99. The zero-order chi connectivity index (χ0) is 16.4. The molecule has 0 spiro atoms. The summed E-state index contributed by atoms with van der Waals surface area (Å²) in [6.07, 6.45) is 3.24. The SMILES string of the molecule is CC(=O)N1CCC(C2CCN(Cc3cccc(F)c3F)C2)CC1. The van der Waals surface area contributed by atoms with Gasteiger partial charge in [-0.25, -0.2) is 8.78 Å². The van der Waals surface area contributed by atoms with Gasteiger partial charge in [-0.3, -0.25) is 9.69 Å². The maximum absolute atomic E-state index is 13.8. The zero-order valence-electron chi connectivity index (χ0n) is 13.6. The molecule has 1 aromatic rings. The number of halogens is 2. The molecule has 5 heteroatoms. The topological polar surface area (TPSA) is 23.6 Å². The van der Waals surface area contributed by atoms with Crippen LogP contribution < -0.4 is 0 Å². The fraction of sp³-hybridized carbons (Fsp3) is 0.611. The predicted molar refractivity (Wildman–Crippen MR) is 84.7 cm³/mol. The van der Waals surface area contributed by atoms with Gasteiger partial charge in [0.1, 0.15) is 0 Å². The number of carbonyl (C=O) groups is 1. The van der Waals surface area contributed by atoms with Crippen molar-refractivity contribution in [2.75, 3.05) is 26.2 Å². The molecule has 2 aliphatic heterocycles. The van der Waals surface area contributed by atoms with Crippen molar-refractivity contribution in [2.24, 2.45) is 11.8 Å². The highest BCUT2D eigenvalue weighted by Crippen LogP contribution is 2.32. The number of rotatable bonds is 3. The molecule has 0 saturated carbocycles. The summed E-state index contributed by atoms with van der Waals surface area (Å²) in [5, 5.41) is 0. The summed E-state index contributed by atoms with van der Waals surface area (Å²) in [5.41, 5.74) is 0.442. The van der Waals surface area contributed by atoms with E-state index in [1.807, 2.05) is 4.90 Å². The molecule has 1 aromatic carbocycles. The number of carbonyl (C=O) groups excluding carboxylic acids is 1. The Kier molecular flexibility index (Phi) is 4.95. The van der Waals surface area contributed by atoms with Gasteiger partial charge in [-0.1, -0.05) is 12.1 Å². The van der Waals surface area contributed by atoms with Crippen LogP contribution in [0.4, 0.5) is 8.78 Å². The molecule has 3 rings (SSSR count). The normalized spacial score (nSPS) is 23.4. The van der Waals surface area contributed by atoms with E-state index in [1.54, 1.807) is 19.1 Å². The van der Waals surface area contributed by atoms with Crippen molar-refractivity contribution in [3.8, 4) is 0 Å². The zero-order valence-corrected chi connectivity index (χ0v) is 13.6. The monoisotopic (exact) mass is 322 g/mol. The highest BCUT2D eigenvalue weighted by atomic mass is 19.2. The minimum Gasteiger partial charge on any atom is -0.343 e. The Labute approximate surface area is 136 Å². The van der Waals surface area contributed by atoms with Gasteiger partial charge in [-0.15, -0.1) is 0 Å². The lowest BCUT2D eigenvalue weighted by molar-refractivity contribution is -0.130. The van der Waals surface area contributed by atoms with E-state index in [2.05, 4.69) is 4.90 Å². The molecule has 2 saturated heterocycles. The Hall–Kier alpha value is -1.49. The summed E-state index contributed by atoms with van der Waals surface area (Å²) in [6.45, 7) is 5.70. The summed E-state index contributed by atoms with van der Waals surface area (Å²) in [5.74, 6) is -0.0627. The average Bonchev–Trinajstić information content (AvgIpc) is 3.00. The highest BCUT2D eigenvalue weighted by molar-refractivity contribution is 5.73. The first-order valence-electron chi connectivity index (χ1n) is 8.45. The second kappa shape index (κ2) is 6.95. The second-order valence-electron chi connectivity index (χ2n) is 6.84. The van der Waals surface area contributed by atoms with Crippen LogP contribution in [0, 0.1) is 23.5 Å². The molecule has 0 N–H and O–H groups in total. The third-order valence-corrected chi connectivity index (χ3v) is 5.39. The molecule has 2 heterocycles. The molecule has 1 unspecified atom stereocenters. The first kappa shape index (κ1) is 16.4. The van der Waals surface area contributed by atoms with Gasteiger partial charge in [0.25, 0.3) is 0 Å². The van der Waals surface area contributed by atoms with Crippen molar-refractivity contribution in [1.29, 1.82) is 0 Å². The van der Waals surface area contributed by atoms with Crippen LogP contribution in [0.25, 0.3) is 0 Å². The van der Waals surface area contributed by atoms with Gasteiger partial charge in [0.05, 0.1) is 0 Å². The van der Waals surface area contributed by atoms with Crippen LogP contribution >= 0.6 is 0 Å². The third-order valence-electron chi connectivity index (χ3n) is 5.39. The van der Waals surface area contributed by atoms with Crippen molar-refractivity contribution in [1.82, 2.24) is 9.80 Å².